The molecule has 0 bridgehead atoms. The Morgan fingerprint density at radius 3 is 2.71 bits per heavy atom. The predicted octanol–water partition coefficient (Wildman–Crippen LogP) is 4.66. The zero-order valence-electron chi connectivity index (χ0n) is 16.7. The fourth-order valence-electron chi connectivity index (χ4n) is 3.54. The topological polar surface area (TPSA) is 86.1 Å². The van der Waals surface area contributed by atoms with Crippen LogP contribution in [0.4, 0.5) is 5.13 Å². The second kappa shape index (κ2) is 9.77. The SMILES string of the molecule is N#Cc1ccccc1Sc1ccccc1C(=O)N1CCCC(C(=O)Nc2nccs2)C1. The quantitative estimate of drug-likeness (QED) is 0.614. The number of piperidine rings is 1. The summed E-state index contributed by atoms with van der Waals surface area (Å²) in [4.78, 5) is 33.4. The van der Waals surface area contributed by atoms with E-state index in [1.165, 1.54) is 23.1 Å². The third kappa shape index (κ3) is 4.95. The molecule has 6 nitrogen and oxygen atoms in total. The zero-order valence-corrected chi connectivity index (χ0v) is 18.3. The lowest BCUT2D eigenvalue weighted by molar-refractivity contribution is -0.121. The highest BCUT2D eigenvalue weighted by Crippen LogP contribution is 2.33. The first kappa shape index (κ1) is 21.1. The minimum atomic E-state index is -0.263. The van der Waals surface area contributed by atoms with Gasteiger partial charge in [0.05, 0.1) is 17.0 Å². The van der Waals surface area contributed by atoms with Crippen molar-refractivity contribution in [3.8, 4) is 6.07 Å². The first-order valence-corrected chi connectivity index (χ1v) is 11.6. The van der Waals surface area contributed by atoms with E-state index in [-0.39, 0.29) is 17.7 Å². The van der Waals surface area contributed by atoms with Gasteiger partial charge in [-0.25, -0.2) is 4.98 Å². The van der Waals surface area contributed by atoms with Crippen molar-refractivity contribution < 1.29 is 9.59 Å². The number of hydrogen-bond donors (Lipinski definition) is 1. The van der Waals surface area contributed by atoms with Gasteiger partial charge in [-0.15, -0.1) is 11.3 Å². The largest absolute Gasteiger partial charge is 0.338 e. The van der Waals surface area contributed by atoms with Gasteiger partial charge in [0.1, 0.15) is 6.07 Å². The van der Waals surface area contributed by atoms with E-state index < -0.39 is 0 Å². The molecule has 8 heteroatoms. The molecule has 1 saturated heterocycles. The molecule has 1 aromatic heterocycles. The van der Waals surface area contributed by atoms with Crippen molar-refractivity contribution in [3.63, 3.8) is 0 Å². The summed E-state index contributed by atoms with van der Waals surface area (Å²) in [5, 5.41) is 14.6. The summed E-state index contributed by atoms with van der Waals surface area (Å²) in [6.45, 7) is 0.997. The third-order valence-corrected chi connectivity index (χ3v) is 6.93. The zero-order chi connectivity index (χ0) is 21.6. The van der Waals surface area contributed by atoms with Gasteiger partial charge in [0.15, 0.2) is 5.13 Å². The Kier molecular flexibility index (Phi) is 6.65. The predicted molar refractivity (Wildman–Crippen MR) is 121 cm³/mol. The Hall–Kier alpha value is -3.15. The maximum absolute atomic E-state index is 13.4. The molecule has 0 saturated carbocycles. The Morgan fingerprint density at radius 2 is 1.94 bits per heavy atom. The molecule has 31 heavy (non-hydrogen) atoms. The van der Waals surface area contributed by atoms with Gasteiger partial charge in [-0.2, -0.15) is 5.26 Å². The summed E-state index contributed by atoms with van der Waals surface area (Å²) >= 11 is 2.79. The fourth-order valence-corrected chi connectivity index (χ4v) is 5.09. The number of benzene rings is 2. The normalized spacial score (nSPS) is 15.8. The summed E-state index contributed by atoms with van der Waals surface area (Å²) in [5.74, 6) is -0.455. The van der Waals surface area contributed by atoms with Crippen LogP contribution in [0, 0.1) is 17.2 Å². The first-order chi connectivity index (χ1) is 15.2. The smallest absolute Gasteiger partial charge is 0.255 e. The molecule has 2 heterocycles. The number of thiazole rings is 1. The van der Waals surface area contributed by atoms with E-state index in [1.807, 2.05) is 41.8 Å². The van der Waals surface area contributed by atoms with Crippen molar-refractivity contribution in [2.75, 3.05) is 18.4 Å². The van der Waals surface area contributed by atoms with Gasteiger partial charge in [0, 0.05) is 34.5 Å². The molecule has 4 rings (SSSR count). The van der Waals surface area contributed by atoms with Gasteiger partial charge in [-0.05, 0) is 37.1 Å². The van der Waals surface area contributed by atoms with E-state index in [4.69, 9.17) is 0 Å². The number of nitriles is 1. The number of nitrogens with zero attached hydrogens (tertiary/aromatic N) is 3. The fraction of sp³-hybridized carbons (Fsp3) is 0.217. The van der Waals surface area contributed by atoms with Crippen molar-refractivity contribution in [2.24, 2.45) is 5.92 Å². The van der Waals surface area contributed by atoms with Crippen molar-refractivity contribution in [3.05, 3.63) is 71.2 Å². The molecule has 1 atom stereocenters. The molecular formula is C23H20N4O2S2. The average Bonchev–Trinajstić information content (AvgIpc) is 3.32. The summed E-state index contributed by atoms with van der Waals surface area (Å²) in [5.41, 5.74) is 1.16. The van der Waals surface area contributed by atoms with Crippen LogP contribution in [-0.2, 0) is 4.79 Å². The number of hydrogen-bond acceptors (Lipinski definition) is 6. The van der Waals surface area contributed by atoms with E-state index in [1.54, 1.807) is 23.2 Å². The molecule has 3 aromatic rings. The molecule has 2 amide bonds. The molecule has 1 aliphatic rings. The van der Waals surface area contributed by atoms with Crippen molar-refractivity contribution in [1.82, 2.24) is 9.88 Å². The van der Waals surface area contributed by atoms with Crippen LogP contribution >= 0.6 is 23.1 Å². The van der Waals surface area contributed by atoms with E-state index in [0.29, 0.717) is 29.3 Å². The first-order valence-electron chi connectivity index (χ1n) is 9.91. The van der Waals surface area contributed by atoms with Crippen LogP contribution in [0.3, 0.4) is 0 Å². The number of carbonyl (C=O) groups is 2. The van der Waals surface area contributed by atoms with Crippen molar-refractivity contribution >= 4 is 40.0 Å². The van der Waals surface area contributed by atoms with Crippen molar-refractivity contribution in [2.45, 2.75) is 22.6 Å². The highest BCUT2D eigenvalue weighted by molar-refractivity contribution is 7.99. The monoisotopic (exact) mass is 448 g/mol. The standard InChI is InChI=1S/C23H20N4O2S2/c24-14-16-6-1-3-9-19(16)31-20-10-4-2-8-18(20)22(29)27-12-5-7-17(15-27)21(28)26-23-25-11-13-30-23/h1-4,6,8-11,13,17H,5,7,12,15H2,(H,25,26,28). The van der Waals surface area contributed by atoms with Gasteiger partial charge in [-0.1, -0.05) is 36.0 Å². The number of likely N-dealkylation sites (tertiary alicyclic amines) is 1. The summed E-state index contributed by atoms with van der Waals surface area (Å²) in [7, 11) is 0. The molecule has 2 aromatic carbocycles. The number of aromatic nitrogens is 1. The summed E-state index contributed by atoms with van der Waals surface area (Å²) < 4.78 is 0. The molecule has 1 N–H and O–H groups in total. The lowest BCUT2D eigenvalue weighted by Crippen LogP contribution is -2.43. The summed E-state index contributed by atoms with van der Waals surface area (Å²) in [6.07, 6.45) is 3.16. The average molecular weight is 449 g/mol. The minimum Gasteiger partial charge on any atom is -0.338 e. The number of nitrogens with one attached hydrogen (secondary N) is 1. The molecule has 1 fully saturated rings. The second-order valence-corrected chi connectivity index (χ2v) is 9.10. The van der Waals surface area contributed by atoms with Gasteiger partial charge in [0.25, 0.3) is 5.91 Å². The van der Waals surface area contributed by atoms with Crippen LogP contribution in [-0.4, -0.2) is 34.8 Å². The van der Waals surface area contributed by atoms with Crippen LogP contribution in [0.15, 0.2) is 69.9 Å². The molecule has 1 unspecified atom stereocenters. The lowest BCUT2D eigenvalue weighted by Gasteiger charge is -2.32. The number of rotatable bonds is 5. The van der Waals surface area contributed by atoms with Gasteiger partial charge in [-0.3, -0.25) is 9.59 Å². The van der Waals surface area contributed by atoms with Gasteiger partial charge >= 0.3 is 0 Å². The Morgan fingerprint density at radius 1 is 1.16 bits per heavy atom. The minimum absolute atomic E-state index is 0.0933. The van der Waals surface area contributed by atoms with Gasteiger partial charge in [0.2, 0.25) is 5.91 Å². The van der Waals surface area contributed by atoms with Crippen LogP contribution in [0.1, 0.15) is 28.8 Å². The van der Waals surface area contributed by atoms with Gasteiger partial charge < -0.3 is 10.2 Å². The summed E-state index contributed by atoms with van der Waals surface area (Å²) in [6, 6.07) is 17.0. The van der Waals surface area contributed by atoms with Crippen LogP contribution < -0.4 is 5.32 Å². The molecule has 0 radical (unpaired) electrons. The van der Waals surface area contributed by atoms with E-state index in [9.17, 15) is 14.9 Å². The molecule has 156 valence electrons. The van der Waals surface area contributed by atoms with E-state index in [2.05, 4.69) is 16.4 Å². The van der Waals surface area contributed by atoms with E-state index in [0.717, 1.165) is 22.6 Å². The Labute approximate surface area is 188 Å². The van der Waals surface area contributed by atoms with Crippen LogP contribution in [0.25, 0.3) is 0 Å². The molecular weight excluding hydrogens is 428 g/mol. The molecule has 0 spiro atoms. The highest BCUT2D eigenvalue weighted by atomic mass is 32.2. The Balaban J connectivity index is 1.50. The Bertz CT molecular complexity index is 1120. The molecule has 1 aliphatic heterocycles. The van der Waals surface area contributed by atoms with Crippen LogP contribution in [0.5, 0.6) is 0 Å². The van der Waals surface area contributed by atoms with Crippen LogP contribution in [0.2, 0.25) is 0 Å². The van der Waals surface area contributed by atoms with Crippen molar-refractivity contribution in [1.29, 1.82) is 5.26 Å². The number of amides is 2. The highest BCUT2D eigenvalue weighted by Gasteiger charge is 2.30. The maximum Gasteiger partial charge on any atom is 0.255 e. The lowest BCUT2D eigenvalue weighted by atomic mass is 9.96. The second-order valence-electron chi connectivity index (χ2n) is 7.12. The number of carbonyl (C=O) groups excluding carboxylic acids is 2. The van der Waals surface area contributed by atoms with E-state index >= 15 is 0 Å². The third-order valence-electron chi connectivity index (χ3n) is 5.09. The maximum atomic E-state index is 13.4. The number of anilines is 1. The molecule has 0 aliphatic carbocycles.